The third-order valence-electron chi connectivity index (χ3n) is 3.43. The third-order valence-corrected chi connectivity index (χ3v) is 3.43. The lowest BCUT2D eigenvalue weighted by molar-refractivity contribution is 0.270. The Morgan fingerprint density at radius 1 is 1.35 bits per heavy atom. The lowest BCUT2D eigenvalue weighted by Crippen LogP contribution is -2.24. The number of rotatable bonds is 8. The van der Waals surface area contributed by atoms with Gasteiger partial charge in [0.2, 0.25) is 0 Å². The summed E-state index contributed by atoms with van der Waals surface area (Å²) in [5, 5.41) is 4.46. The van der Waals surface area contributed by atoms with Crippen LogP contribution in [0.3, 0.4) is 0 Å². The highest BCUT2D eigenvalue weighted by Gasteiger charge is 2.15. The maximum absolute atomic E-state index is 6.06. The number of hydrogen-bond donors (Lipinski definition) is 1. The average molecular weight is 272 g/mol. The fourth-order valence-corrected chi connectivity index (χ4v) is 2.58. The normalized spacial score (nSPS) is 11.3. The highest BCUT2D eigenvalue weighted by molar-refractivity contribution is 5.82. The zero-order valence-electron chi connectivity index (χ0n) is 12.5. The highest BCUT2D eigenvalue weighted by Crippen LogP contribution is 2.26. The van der Waals surface area contributed by atoms with Crippen molar-refractivity contribution >= 4 is 11.0 Å². The number of hydrogen-bond acceptors (Lipinski definition) is 3. The molecule has 0 aliphatic rings. The number of nitrogens with zero attached hydrogens (tertiary/aromatic N) is 1. The molecule has 2 aromatic rings. The molecule has 3 heteroatoms. The summed E-state index contributed by atoms with van der Waals surface area (Å²) in [6.45, 7) is 9.66. The molecule has 20 heavy (non-hydrogen) atoms. The summed E-state index contributed by atoms with van der Waals surface area (Å²) in [6, 6.07) is 8.25. The first-order valence-corrected chi connectivity index (χ1v) is 7.27. The van der Waals surface area contributed by atoms with E-state index < -0.39 is 0 Å². The van der Waals surface area contributed by atoms with Crippen LogP contribution in [-0.4, -0.2) is 25.0 Å². The van der Waals surface area contributed by atoms with Gasteiger partial charge in [0.1, 0.15) is 11.3 Å². The standard InChI is InChI=1S/C17H24N2O/c1-4-10-19(11-5-2)13-17-15(12-18-3)14-8-6-7-9-16(14)20-17/h4,6-9,18H,1,5,10-13H2,2-3H3. The van der Waals surface area contributed by atoms with Crippen molar-refractivity contribution in [1.82, 2.24) is 10.2 Å². The van der Waals surface area contributed by atoms with E-state index in [1.165, 1.54) is 10.9 Å². The zero-order valence-corrected chi connectivity index (χ0v) is 12.5. The Bertz CT molecular complexity index is 559. The Labute approximate surface area is 121 Å². The molecule has 0 amide bonds. The lowest BCUT2D eigenvalue weighted by Gasteiger charge is -2.19. The van der Waals surface area contributed by atoms with Gasteiger partial charge in [0.05, 0.1) is 6.54 Å². The van der Waals surface area contributed by atoms with Gasteiger partial charge in [0.15, 0.2) is 0 Å². The van der Waals surface area contributed by atoms with Crippen molar-refractivity contribution in [2.75, 3.05) is 20.1 Å². The molecule has 1 N–H and O–H groups in total. The van der Waals surface area contributed by atoms with Gasteiger partial charge in [-0.3, -0.25) is 4.90 Å². The molecule has 1 aromatic carbocycles. The van der Waals surface area contributed by atoms with E-state index in [0.717, 1.165) is 43.9 Å². The van der Waals surface area contributed by atoms with Crippen molar-refractivity contribution in [3.05, 3.63) is 48.2 Å². The summed E-state index contributed by atoms with van der Waals surface area (Å²) in [5.41, 5.74) is 2.25. The van der Waals surface area contributed by atoms with E-state index >= 15 is 0 Å². The second kappa shape index (κ2) is 7.27. The Balaban J connectivity index is 2.31. The van der Waals surface area contributed by atoms with Gasteiger partial charge in [-0.1, -0.05) is 31.2 Å². The Morgan fingerprint density at radius 2 is 2.15 bits per heavy atom. The SMILES string of the molecule is C=CCN(CCC)Cc1oc2ccccc2c1CNC. The second-order valence-electron chi connectivity index (χ2n) is 5.05. The molecular formula is C17H24N2O. The van der Waals surface area contributed by atoms with Crippen LogP contribution in [0.25, 0.3) is 11.0 Å². The molecule has 0 spiro atoms. The van der Waals surface area contributed by atoms with Crippen LogP contribution in [0.1, 0.15) is 24.7 Å². The quantitative estimate of drug-likeness (QED) is 0.745. The minimum absolute atomic E-state index is 0.834. The summed E-state index contributed by atoms with van der Waals surface area (Å²) < 4.78 is 6.06. The zero-order chi connectivity index (χ0) is 14.4. The largest absolute Gasteiger partial charge is 0.459 e. The summed E-state index contributed by atoms with van der Waals surface area (Å²) in [7, 11) is 1.97. The van der Waals surface area contributed by atoms with Crippen LogP contribution in [0.2, 0.25) is 0 Å². The molecule has 108 valence electrons. The van der Waals surface area contributed by atoms with E-state index in [1.54, 1.807) is 0 Å². The Kier molecular flexibility index (Phi) is 5.39. The van der Waals surface area contributed by atoms with Crippen molar-refractivity contribution in [1.29, 1.82) is 0 Å². The molecule has 3 nitrogen and oxygen atoms in total. The second-order valence-corrected chi connectivity index (χ2v) is 5.05. The Morgan fingerprint density at radius 3 is 2.85 bits per heavy atom. The number of benzene rings is 1. The van der Waals surface area contributed by atoms with Crippen LogP contribution in [0.4, 0.5) is 0 Å². The fourth-order valence-electron chi connectivity index (χ4n) is 2.58. The molecule has 1 aromatic heterocycles. The summed E-state index contributed by atoms with van der Waals surface area (Å²) >= 11 is 0. The maximum Gasteiger partial charge on any atom is 0.134 e. The highest BCUT2D eigenvalue weighted by atomic mass is 16.3. The van der Waals surface area contributed by atoms with Crippen molar-refractivity contribution < 1.29 is 4.42 Å². The van der Waals surface area contributed by atoms with Crippen LogP contribution in [0.15, 0.2) is 41.3 Å². The van der Waals surface area contributed by atoms with Gasteiger partial charge in [-0.25, -0.2) is 0 Å². The van der Waals surface area contributed by atoms with Crippen LogP contribution in [0, 0.1) is 0 Å². The van der Waals surface area contributed by atoms with Gasteiger partial charge in [0, 0.05) is 24.0 Å². The number of furan rings is 1. The smallest absolute Gasteiger partial charge is 0.134 e. The first-order chi connectivity index (χ1) is 9.80. The monoisotopic (exact) mass is 272 g/mol. The first kappa shape index (κ1) is 14.8. The summed E-state index contributed by atoms with van der Waals surface area (Å²) in [6.07, 6.45) is 3.09. The minimum Gasteiger partial charge on any atom is -0.459 e. The predicted octanol–water partition coefficient (Wildman–Crippen LogP) is 3.55. The van der Waals surface area contributed by atoms with E-state index in [1.807, 2.05) is 25.3 Å². The number of para-hydroxylation sites is 1. The molecule has 1 heterocycles. The topological polar surface area (TPSA) is 28.4 Å². The van der Waals surface area contributed by atoms with E-state index in [9.17, 15) is 0 Å². The van der Waals surface area contributed by atoms with Gasteiger partial charge in [-0.05, 0) is 26.1 Å². The van der Waals surface area contributed by atoms with Gasteiger partial charge in [-0.2, -0.15) is 0 Å². The first-order valence-electron chi connectivity index (χ1n) is 7.27. The van der Waals surface area contributed by atoms with E-state index in [2.05, 4.69) is 35.9 Å². The predicted molar refractivity (Wildman–Crippen MR) is 84.7 cm³/mol. The lowest BCUT2D eigenvalue weighted by atomic mass is 10.1. The van der Waals surface area contributed by atoms with Gasteiger partial charge in [-0.15, -0.1) is 6.58 Å². The molecule has 0 unspecified atom stereocenters. The van der Waals surface area contributed by atoms with Crippen LogP contribution >= 0.6 is 0 Å². The van der Waals surface area contributed by atoms with Crippen LogP contribution in [0.5, 0.6) is 0 Å². The molecule has 0 fully saturated rings. The molecule has 0 atom stereocenters. The van der Waals surface area contributed by atoms with Crippen molar-refractivity contribution in [2.45, 2.75) is 26.4 Å². The van der Waals surface area contributed by atoms with Crippen molar-refractivity contribution in [3.8, 4) is 0 Å². The van der Waals surface area contributed by atoms with Crippen molar-refractivity contribution in [2.24, 2.45) is 0 Å². The molecule has 0 radical (unpaired) electrons. The summed E-state index contributed by atoms with van der Waals surface area (Å²) in [4.78, 5) is 2.36. The van der Waals surface area contributed by atoms with Crippen molar-refractivity contribution in [3.63, 3.8) is 0 Å². The molecular weight excluding hydrogens is 248 g/mol. The minimum atomic E-state index is 0.834. The molecule has 0 aliphatic carbocycles. The van der Waals surface area contributed by atoms with E-state index in [4.69, 9.17) is 4.42 Å². The fraction of sp³-hybridized carbons (Fsp3) is 0.412. The van der Waals surface area contributed by atoms with E-state index in [0.29, 0.717) is 0 Å². The molecule has 0 bridgehead atoms. The Hall–Kier alpha value is -1.58. The summed E-state index contributed by atoms with van der Waals surface area (Å²) in [5.74, 6) is 1.07. The van der Waals surface area contributed by atoms with Crippen LogP contribution < -0.4 is 5.32 Å². The molecule has 2 rings (SSSR count). The van der Waals surface area contributed by atoms with Gasteiger partial charge < -0.3 is 9.73 Å². The van der Waals surface area contributed by atoms with Gasteiger partial charge >= 0.3 is 0 Å². The average Bonchev–Trinajstić information content (AvgIpc) is 2.78. The molecule has 0 saturated heterocycles. The number of fused-ring (bicyclic) bond motifs is 1. The number of nitrogens with one attached hydrogen (secondary N) is 1. The third kappa shape index (κ3) is 3.30. The molecule has 0 aliphatic heterocycles. The van der Waals surface area contributed by atoms with Crippen LogP contribution in [-0.2, 0) is 13.1 Å². The van der Waals surface area contributed by atoms with Gasteiger partial charge in [0.25, 0.3) is 0 Å². The molecule has 0 saturated carbocycles. The maximum atomic E-state index is 6.06. The van der Waals surface area contributed by atoms with E-state index in [-0.39, 0.29) is 0 Å².